The Morgan fingerprint density at radius 3 is 2.50 bits per heavy atom. The molecule has 1 aliphatic rings. The number of nitrogens with two attached hydrogens (primary N) is 1. The highest BCUT2D eigenvalue weighted by atomic mass is 15.1. The quantitative estimate of drug-likeness (QED) is 0.462. The van der Waals surface area contributed by atoms with Crippen molar-refractivity contribution in [2.75, 3.05) is 19.6 Å². The third kappa shape index (κ3) is 6.06. The predicted molar refractivity (Wildman–Crippen MR) is 93.8 cm³/mol. The molecule has 1 saturated heterocycles. The molecule has 0 radical (unpaired) electrons. The second-order valence-electron chi connectivity index (χ2n) is 6.14. The van der Waals surface area contributed by atoms with Gasteiger partial charge in [-0.25, -0.2) is 4.99 Å². The predicted octanol–water partition coefficient (Wildman–Crippen LogP) is 2.88. The fourth-order valence-electron chi connectivity index (χ4n) is 2.75. The van der Waals surface area contributed by atoms with Gasteiger partial charge in [0, 0.05) is 13.1 Å². The Balaban J connectivity index is 1.77. The minimum atomic E-state index is 0.547. The van der Waals surface area contributed by atoms with Crippen LogP contribution in [0.3, 0.4) is 0 Å². The topological polar surface area (TPSA) is 53.6 Å². The number of unbranched alkanes of at least 4 members (excludes halogenated alkanes) is 1. The molecule has 1 aliphatic heterocycles. The fourth-order valence-corrected chi connectivity index (χ4v) is 2.75. The zero-order valence-corrected chi connectivity index (χ0v) is 13.9. The molecule has 0 unspecified atom stereocenters. The van der Waals surface area contributed by atoms with E-state index in [4.69, 9.17) is 5.73 Å². The van der Waals surface area contributed by atoms with Crippen LogP contribution in [0.2, 0.25) is 0 Å². The molecule has 1 fully saturated rings. The lowest BCUT2D eigenvalue weighted by molar-refractivity contribution is 0.221. The number of nitrogens with zero attached hydrogens (tertiary/aromatic N) is 2. The van der Waals surface area contributed by atoms with Crippen LogP contribution < -0.4 is 11.1 Å². The van der Waals surface area contributed by atoms with E-state index in [1.165, 1.54) is 49.9 Å². The van der Waals surface area contributed by atoms with Crippen LogP contribution in [0.4, 0.5) is 0 Å². The summed E-state index contributed by atoms with van der Waals surface area (Å²) in [7, 11) is 0. The zero-order chi connectivity index (χ0) is 15.6. The Morgan fingerprint density at radius 2 is 1.82 bits per heavy atom. The minimum absolute atomic E-state index is 0.547. The Labute approximate surface area is 134 Å². The van der Waals surface area contributed by atoms with Crippen molar-refractivity contribution >= 4 is 5.96 Å². The number of hydrogen-bond acceptors (Lipinski definition) is 2. The summed E-state index contributed by atoms with van der Waals surface area (Å²) < 4.78 is 0. The summed E-state index contributed by atoms with van der Waals surface area (Å²) in [6.45, 7) is 7.28. The van der Waals surface area contributed by atoms with Gasteiger partial charge in [0.2, 0.25) is 0 Å². The average molecular weight is 302 g/mol. The van der Waals surface area contributed by atoms with E-state index in [9.17, 15) is 0 Å². The number of benzene rings is 1. The molecule has 22 heavy (non-hydrogen) atoms. The van der Waals surface area contributed by atoms with Gasteiger partial charge in [-0.3, -0.25) is 4.90 Å². The SMILES string of the molecule is CCCCNC(N)=NCc1ccc(CN2CCCCC2)cc1. The van der Waals surface area contributed by atoms with Crippen LogP contribution in [0.1, 0.15) is 50.2 Å². The normalized spacial score (nSPS) is 16.7. The van der Waals surface area contributed by atoms with E-state index in [1.54, 1.807) is 0 Å². The van der Waals surface area contributed by atoms with Crippen molar-refractivity contribution in [2.45, 2.75) is 52.1 Å². The lowest BCUT2D eigenvalue weighted by Crippen LogP contribution is -2.32. The largest absolute Gasteiger partial charge is 0.370 e. The molecule has 0 saturated carbocycles. The summed E-state index contributed by atoms with van der Waals surface area (Å²) in [4.78, 5) is 6.93. The highest BCUT2D eigenvalue weighted by Gasteiger charge is 2.09. The first-order chi connectivity index (χ1) is 10.8. The maximum absolute atomic E-state index is 5.85. The highest BCUT2D eigenvalue weighted by Crippen LogP contribution is 2.13. The molecule has 1 aromatic carbocycles. The molecule has 0 aliphatic carbocycles. The van der Waals surface area contributed by atoms with Crippen LogP contribution in [0.25, 0.3) is 0 Å². The van der Waals surface area contributed by atoms with Crippen molar-refractivity contribution in [1.82, 2.24) is 10.2 Å². The smallest absolute Gasteiger partial charge is 0.188 e. The molecule has 2 rings (SSSR count). The summed E-state index contributed by atoms with van der Waals surface area (Å²) in [5.74, 6) is 0.547. The van der Waals surface area contributed by atoms with Crippen molar-refractivity contribution in [3.05, 3.63) is 35.4 Å². The van der Waals surface area contributed by atoms with Crippen LogP contribution in [0, 0.1) is 0 Å². The first-order valence-corrected chi connectivity index (χ1v) is 8.62. The molecule has 0 spiro atoms. The molecule has 1 heterocycles. The Bertz CT molecular complexity index is 447. The van der Waals surface area contributed by atoms with Crippen LogP contribution in [-0.2, 0) is 13.1 Å². The van der Waals surface area contributed by atoms with Gasteiger partial charge < -0.3 is 11.1 Å². The number of rotatable bonds is 7. The van der Waals surface area contributed by atoms with Gasteiger partial charge in [-0.1, -0.05) is 44.0 Å². The van der Waals surface area contributed by atoms with E-state index in [0.717, 1.165) is 19.5 Å². The standard InChI is InChI=1S/C18H30N4/c1-2-3-11-20-18(19)21-14-16-7-9-17(10-8-16)15-22-12-5-4-6-13-22/h7-10H,2-6,11-15H2,1H3,(H3,19,20,21). The monoisotopic (exact) mass is 302 g/mol. The number of aliphatic imine (C=N–C) groups is 1. The van der Waals surface area contributed by atoms with E-state index in [-0.39, 0.29) is 0 Å². The van der Waals surface area contributed by atoms with Gasteiger partial charge in [0.25, 0.3) is 0 Å². The van der Waals surface area contributed by atoms with Gasteiger partial charge in [0.15, 0.2) is 5.96 Å². The summed E-state index contributed by atoms with van der Waals surface area (Å²) in [6.07, 6.45) is 6.37. The van der Waals surface area contributed by atoms with Crippen LogP contribution >= 0.6 is 0 Å². The number of piperidine rings is 1. The molecule has 4 heteroatoms. The number of guanidine groups is 1. The van der Waals surface area contributed by atoms with Gasteiger partial charge in [-0.05, 0) is 43.5 Å². The Morgan fingerprint density at radius 1 is 1.14 bits per heavy atom. The van der Waals surface area contributed by atoms with Crippen LogP contribution in [-0.4, -0.2) is 30.5 Å². The molecule has 0 bridgehead atoms. The van der Waals surface area contributed by atoms with Crippen molar-refractivity contribution in [3.8, 4) is 0 Å². The summed E-state index contributed by atoms with van der Waals surface area (Å²) in [5, 5.41) is 3.14. The summed E-state index contributed by atoms with van der Waals surface area (Å²) in [6, 6.07) is 8.78. The lowest BCUT2D eigenvalue weighted by Gasteiger charge is -2.26. The van der Waals surface area contributed by atoms with E-state index < -0.39 is 0 Å². The molecule has 1 aromatic rings. The van der Waals surface area contributed by atoms with Crippen molar-refractivity contribution in [3.63, 3.8) is 0 Å². The minimum Gasteiger partial charge on any atom is -0.370 e. The van der Waals surface area contributed by atoms with Gasteiger partial charge in [-0.2, -0.15) is 0 Å². The number of hydrogen-bond donors (Lipinski definition) is 2. The Kier molecular flexibility index (Phi) is 7.23. The first-order valence-electron chi connectivity index (χ1n) is 8.62. The van der Waals surface area contributed by atoms with E-state index in [1.807, 2.05) is 0 Å². The van der Waals surface area contributed by atoms with Crippen molar-refractivity contribution in [1.29, 1.82) is 0 Å². The summed E-state index contributed by atoms with van der Waals surface area (Å²) in [5.41, 5.74) is 8.45. The summed E-state index contributed by atoms with van der Waals surface area (Å²) >= 11 is 0. The molecular formula is C18H30N4. The molecular weight excluding hydrogens is 272 g/mol. The molecule has 122 valence electrons. The van der Waals surface area contributed by atoms with Crippen LogP contribution in [0.15, 0.2) is 29.3 Å². The maximum Gasteiger partial charge on any atom is 0.188 e. The second kappa shape index (κ2) is 9.46. The Hall–Kier alpha value is -1.55. The number of likely N-dealkylation sites (tertiary alicyclic amines) is 1. The fraction of sp³-hybridized carbons (Fsp3) is 0.611. The molecule has 0 aromatic heterocycles. The lowest BCUT2D eigenvalue weighted by atomic mass is 10.1. The van der Waals surface area contributed by atoms with E-state index >= 15 is 0 Å². The maximum atomic E-state index is 5.85. The van der Waals surface area contributed by atoms with Gasteiger partial charge in [-0.15, -0.1) is 0 Å². The third-order valence-corrected chi connectivity index (χ3v) is 4.15. The zero-order valence-electron chi connectivity index (χ0n) is 13.9. The van der Waals surface area contributed by atoms with Gasteiger partial charge in [0.1, 0.15) is 0 Å². The van der Waals surface area contributed by atoms with E-state index in [2.05, 4.69) is 46.4 Å². The molecule has 3 N–H and O–H groups in total. The average Bonchev–Trinajstić information content (AvgIpc) is 2.55. The first kappa shape index (κ1) is 16.8. The van der Waals surface area contributed by atoms with Crippen molar-refractivity contribution in [2.24, 2.45) is 10.7 Å². The van der Waals surface area contributed by atoms with Crippen molar-refractivity contribution < 1.29 is 0 Å². The van der Waals surface area contributed by atoms with E-state index in [0.29, 0.717) is 12.5 Å². The molecule has 0 amide bonds. The molecule has 4 nitrogen and oxygen atoms in total. The number of nitrogens with one attached hydrogen (secondary N) is 1. The van der Waals surface area contributed by atoms with Gasteiger partial charge >= 0.3 is 0 Å². The molecule has 0 atom stereocenters. The van der Waals surface area contributed by atoms with Crippen LogP contribution in [0.5, 0.6) is 0 Å². The third-order valence-electron chi connectivity index (χ3n) is 4.15. The highest BCUT2D eigenvalue weighted by molar-refractivity contribution is 5.77. The second-order valence-corrected chi connectivity index (χ2v) is 6.14. The van der Waals surface area contributed by atoms with Gasteiger partial charge in [0.05, 0.1) is 6.54 Å².